The van der Waals surface area contributed by atoms with E-state index in [0.717, 1.165) is 31.4 Å². The lowest BCUT2D eigenvalue weighted by atomic mass is 9.58. The molecule has 3 aliphatic rings. The maximum Gasteiger partial charge on any atom is 0.303 e. The molecule has 0 radical (unpaired) electrons. The van der Waals surface area contributed by atoms with E-state index >= 15 is 0 Å². The van der Waals surface area contributed by atoms with E-state index in [1.165, 1.54) is 29.2 Å². The molecule has 4 heteroatoms. The molecule has 0 aliphatic heterocycles. The third-order valence-corrected chi connectivity index (χ3v) is 7.59. The molecule has 0 heterocycles. The summed E-state index contributed by atoms with van der Waals surface area (Å²) in [7, 11) is 0. The van der Waals surface area contributed by atoms with Crippen LogP contribution in [0.2, 0.25) is 0 Å². The number of benzene rings is 2. The predicted octanol–water partition coefficient (Wildman–Crippen LogP) is 4.94. The molecule has 5 rings (SSSR count). The van der Waals surface area contributed by atoms with Gasteiger partial charge in [0, 0.05) is 12.3 Å². The average molecular weight is 419 g/mol. The van der Waals surface area contributed by atoms with Gasteiger partial charge in [0.05, 0.1) is 0 Å². The summed E-state index contributed by atoms with van der Waals surface area (Å²) < 4.78 is 11.6. The summed E-state index contributed by atoms with van der Waals surface area (Å²) in [5.74, 6) is 1.46. The lowest BCUT2D eigenvalue weighted by Gasteiger charge is -2.48. The standard InChI is InChI=1S/C27H30O4/c1-17(28)31-26-25(29)15-24-23-10-8-19-14-20(30-16-18-6-4-3-5-7-18)9-11-21(19)22(23)12-13-27(24,26)2/h3-7,9,11,14-15,22-23,25-26,29H,8,10,12-13,16H2,1-2H3/t22-,23-,25-,26+,27+/m1/s1. The van der Waals surface area contributed by atoms with E-state index in [1.54, 1.807) is 0 Å². The minimum absolute atomic E-state index is 0.261. The molecule has 3 aliphatic carbocycles. The second kappa shape index (κ2) is 7.83. The minimum atomic E-state index is -0.710. The van der Waals surface area contributed by atoms with Gasteiger partial charge in [0.2, 0.25) is 0 Å². The summed E-state index contributed by atoms with van der Waals surface area (Å²) >= 11 is 0. The Bertz CT molecular complexity index is 1010. The van der Waals surface area contributed by atoms with Crippen molar-refractivity contribution in [3.63, 3.8) is 0 Å². The van der Waals surface area contributed by atoms with Crippen LogP contribution in [-0.2, 0) is 22.6 Å². The molecule has 2 aromatic carbocycles. The summed E-state index contributed by atoms with van der Waals surface area (Å²) in [4.78, 5) is 11.6. The molecule has 0 bridgehead atoms. The van der Waals surface area contributed by atoms with Crippen LogP contribution >= 0.6 is 0 Å². The Morgan fingerprint density at radius 1 is 1.13 bits per heavy atom. The number of hydrogen-bond acceptors (Lipinski definition) is 4. The zero-order valence-electron chi connectivity index (χ0n) is 18.2. The smallest absolute Gasteiger partial charge is 0.303 e. The Morgan fingerprint density at radius 3 is 2.71 bits per heavy atom. The first-order chi connectivity index (χ1) is 15.0. The molecule has 0 aromatic heterocycles. The number of carbonyl (C=O) groups is 1. The van der Waals surface area contributed by atoms with Gasteiger partial charge in [-0.25, -0.2) is 0 Å². The third kappa shape index (κ3) is 3.57. The SMILES string of the molecule is CC(=O)O[C@H]1[C@H](O)C=C2[C@@H]3CCc4cc(OCc5ccccc5)ccc4[C@H]3CC[C@@]21C. The molecule has 2 aromatic rings. The van der Waals surface area contributed by atoms with Crippen molar-refractivity contribution >= 4 is 5.97 Å². The van der Waals surface area contributed by atoms with Gasteiger partial charge in [-0.15, -0.1) is 0 Å². The summed E-state index contributed by atoms with van der Waals surface area (Å²) in [6.45, 7) is 4.16. The Labute approximate surface area is 183 Å². The number of fused-ring (bicyclic) bond motifs is 5. The second-order valence-corrected chi connectivity index (χ2v) is 9.49. The maximum atomic E-state index is 11.6. The Hall–Kier alpha value is -2.59. The van der Waals surface area contributed by atoms with Crippen LogP contribution in [0.3, 0.4) is 0 Å². The molecule has 162 valence electrons. The number of ether oxygens (including phenoxy) is 2. The molecule has 1 fully saturated rings. The van der Waals surface area contributed by atoms with E-state index in [9.17, 15) is 9.90 Å². The van der Waals surface area contributed by atoms with Crippen LogP contribution in [0.5, 0.6) is 5.75 Å². The Balaban J connectivity index is 1.35. The third-order valence-electron chi connectivity index (χ3n) is 7.59. The first-order valence-electron chi connectivity index (χ1n) is 11.3. The number of aliphatic hydroxyl groups excluding tert-OH is 1. The highest BCUT2D eigenvalue weighted by Gasteiger charge is 2.54. The van der Waals surface area contributed by atoms with E-state index in [0.29, 0.717) is 18.4 Å². The van der Waals surface area contributed by atoms with Crippen LogP contribution in [0.4, 0.5) is 0 Å². The van der Waals surface area contributed by atoms with Gasteiger partial charge in [-0.05, 0) is 66.3 Å². The first-order valence-corrected chi connectivity index (χ1v) is 11.3. The average Bonchev–Trinajstić information content (AvgIpc) is 3.02. The predicted molar refractivity (Wildman–Crippen MR) is 119 cm³/mol. The van der Waals surface area contributed by atoms with Gasteiger partial charge in [-0.1, -0.05) is 55.0 Å². The van der Waals surface area contributed by atoms with Crippen molar-refractivity contribution in [3.8, 4) is 5.75 Å². The van der Waals surface area contributed by atoms with E-state index < -0.39 is 12.2 Å². The van der Waals surface area contributed by atoms with Crippen molar-refractivity contribution in [2.24, 2.45) is 11.3 Å². The minimum Gasteiger partial charge on any atom is -0.489 e. The van der Waals surface area contributed by atoms with Crippen LogP contribution < -0.4 is 4.74 Å². The molecule has 0 spiro atoms. The quantitative estimate of drug-likeness (QED) is 0.564. The van der Waals surface area contributed by atoms with Gasteiger partial charge in [0.1, 0.15) is 24.6 Å². The molecular weight excluding hydrogens is 388 g/mol. The van der Waals surface area contributed by atoms with Gasteiger partial charge < -0.3 is 14.6 Å². The molecule has 0 saturated heterocycles. The fourth-order valence-electron chi connectivity index (χ4n) is 6.12. The molecule has 0 amide bonds. The van der Waals surface area contributed by atoms with Crippen molar-refractivity contribution in [1.82, 2.24) is 0 Å². The number of hydrogen-bond donors (Lipinski definition) is 1. The van der Waals surface area contributed by atoms with E-state index in [2.05, 4.69) is 37.3 Å². The lowest BCUT2D eigenvalue weighted by Crippen LogP contribution is -2.44. The fourth-order valence-corrected chi connectivity index (χ4v) is 6.12. The first kappa shape index (κ1) is 20.3. The molecule has 4 nitrogen and oxygen atoms in total. The van der Waals surface area contributed by atoms with Crippen molar-refractivity contribution < 1.29 is 19.4 Å². The molecule has 31 heavy (non-hydrogen) atoms. The van der Waals surface area contributed by atoms with Crippen LogP contribution in [0.25, 0.3) is 0 Å². The monoisotopic (exact) mass is 418 g/mol. The summed E-state index contributed by atoms with van der Waals surface area (Å²) in [5.41, 5.74) is 4.99. The maximum absolute atomic E-state index is 11.6. The van der Waals surface area contributed by atoms with Gasteiger partial charge in [0.15, 0.2) is 0 Å². The van der Waals surface area contributed by atoms with Gasteiger partial charge in [-0.2, -0.15) is 0 Å². The normalized spacial score (nSPS) is 31.1. The zero-order chi connectivity index (χ0) is 21.6. The zero-order valence-corrected chi connectivity index (χ0v) is 18.2. The van der Waals surface area contributed by atoms with E-state index in [4.69, 9.17) is 9.47 Å². The topological polar surface area (TPSA) is 55.8 Å². The second-order valence-electron chi connectivity index (χ2n) is 9.49. The van der Waals surface area contributed by atoms with Gasteiger partial charge >= 0.3 is 5.97 Å². The highest BCUT2D eigenvalue weighted by molar-refractivity contribution is 5.66. The fraction of sp³-hybridized carbons (Fsp3) is 0.444. The summed E-state index contributed by atoms with van der Waals surface area (Å²) in [6, 6.07) is 16.8. The number of aliphatic hydroxyl groups is 1. The van der Waals surface area contributed by atoms with Crippen molar-refractivity contribution in [1.29, 1.82) is 0 Å². The molecule has 1 N–H and O–H groups in total. The van der Waals surface area contributed by atoms with Crippen molar-refractivity contribution in [2.45, 2.75) is 64.3 Å². The lowest BCUT2D eigenvalue weighted by molar-refractivity contribution is -0.157. The van der Waals surface area contributed by atoms with Crippen LogP contribution in [0.1, 0.15) is 55.7 Å². The summed E-state index contributed by atoms with van der Waals surface area (Å²) in [6.07, 6.45) is 4.82. The Morgan fingerprint density at radius 2 is 1.94 bits per heavy atom. The number of carbonyl (C=O) groups excluding carboxylic acids is 1. The van der Waals surface area contributed by atoms with Crippen molar-refractivity contribution in [3.05, 3.63) is 76.9 Å². The summed E-state index contributed by atoms with van der Waals surface area (Å²) in [5, 5.41) is 10.6. The van der Waals surface area contributed by atoms with E-state index in [1.807, 2.05) is 24.3 Å². The highest BCUT2D eigenvalue weighted by Crippen LogP contribution is 2.59. The van der Waals surface area contributed by atoms with Crippen molar-refractivity contribution in [2.75, 3.05) is 0 Å². The largest absolute Gasteiger partial charge is 0.489 e. The van der Waals surface area contributed by atoms with Gasteiger partial charge in [0.25, 0.3) is 0 Å². The van der Waals surface area contributed by atoms with Crippen LogP contribution in [-0.4, -0.2) is 23.3 Å². The molecule has 5 atom stereocenters. The van der Waals surface area contributed by atoms with Gasteiger partial charge in [-0.3, -0.25) is 4.79 Å². The van der Waals surface area contributed by atoms with Crippen LogP contribution in [0, 0.1) is 11.3 Å². The molecule has 1 saturated carbocycles. The molecular formula is C27H30O4. The number of esters is 1. The highest BCUT2D eigenvalue weighted by atomic mass is 16.6. The number of aryl methyl sites for hydroxylation is 1. The Kier molecular flexibility index (Phi) is 5.13. The number of rotatable bonds is 4. The molecule has 0 unspecified atom stereocenters. The van der Waals surface area contributed by atoms with Crippen LogP contribution in [0.15, 0.2) is 60.2 Å². The van der Waals surface area contributed by atoms with E-state index in [-0.39, 0.29) is 11.4 Å².